The molecular formula is C12H22N2O. The van der Waals surface area contributed by atoms with Gasteiger partial charge in [-0.25, -0.2) is 4.79 Å². The summed E-state index contributed by atoms with van der Waals surface area (Å²) in [6, 6.07) is 0.665. The lowest BCUT2D eigenvalue weighted by atomic mass is 9.93. The van der Waals surface area contributed by atoms with Crippen LogP contribution in [0.5, 0.6) is 0 Å². The zero-order chi connectivity index (χ0) is 10.7. The molecule has 1 saturated carbocycles. The monoisotopic (exact) mass is 210 g/mol. The van der Waals surface area contributed by atoms with Crippen molar-refractivity contribution in [3.05, 3.63) is 0 Å². The van der Waals surface area contributed by atoms with Gasteiger partial charge in [-0.3, -0.25) is 0 Å². The van der Waals surface area contributed by atoms with Crippen molar-refractivity contribution in [1.29, 1.82) is 0 Å². The van der Waals surface area contributed by atoms with E-state index in [4.69, 9.17) is 0 Å². The first-order valence-corrected chi connectivity index (χ1v) is 6.35. The molecule has 0 bridgehead atoms. The molecular weight excluding hydrogens is 188 g/mol. The van der Waals surface area contributed by atoms with Crippen LogP contribution >= 0.6 is 0 Å². The van der Waals surface area contributed by atoms with Gasteiger partial charge in [0.15, 0.2) is 0 Å². The Kier molecular flexibility index (Phi) is 3.49. The smallest absolute Gasteiger partial charge is 0.317 e. The molecule has 1 aliphatic carbocycles. The van der Waals surface area contributed by atoms with E-state index in [0.29, 0.717) is 6.04 Å². The Labute approximate surface area is 92.2 Å². The number of hydrogen-bond acceptors (Lipinski definition) is 1. The second-order valence-corrected chi connectivity index (χ2v) is 4.94. The highest BCUT2D eigenvalue weighted by atomic mass is 16.2. The normalized spacial score (nSPS) is 22.9. The van der Waals surface area contributed by atoms with E-state index in [1.807, 2.05) is 4.90 Å². The van der Waals surface area contributed by atoms with Gasteiger partial charge in [0.1, 0.15) is 0 Å². The highest BCUT2D eigenvalue weighted by molar-refractivity contribution is 5.74. The van der Waals surface area contributed by atoms with E-state index in [0.717, 1.165) is 19.0 Å². The molecule has 0 aromatic carbocycles. The van der Waals surface area contributed by atoms with Crippen molar-refractivity contribution >= 4 is 6.03 Å². The summed E-state index contributed by atoms with van der Waals surface area (Å²) >= 11 is 0. The van der Waals surface area contributed by atoms with Gasteiger partial charge in [-0.05, 0) is 31.6 Å². The van der Waals surface area contributed by atoms with E-state index in [1.54, 1.807) is 0 Å². The van der Waals surface area contributed by atoms with E-state index >= 15 is 0 Å². The number of hydrogen-bond donors (Lipinski definition) is 1. The summed E-state index contributed by atoms with van der Waals surface area (Å²) in [6.45, 7) is 4.17. The maximum absolute atomic E-state index is 11.7. The summed E-state index contributed by atoms with van der Waals surface area (Å²) in [5.74, 6) is 0.861. The second kappa shape index (κ2) is 4.86. The van der Waals surface area contributed by atoms with Crippen LogP contribution in [0.1, 0.15) is 45.4 Å². The number of nitrogens with zero attached hydrogens (tertiary/aromatic N) is 1. The van der Waals surface area contributed by atoms with Crippen molar-refractivity contribution in [1.82, 2.24) is 10.2 Å². The molecule has 0 unspecified atom stereocenters. The molecule has 2 amide bonds. The number of carbonyl (C=O) groups is 1. The number of amides is 2. The molecule has 0 atom stereocenters. The van der Waals surface area contributed by atoms with Crippen molar-refractivity contribution in [3.8, 4) is 0 Å². The standard InChI is InChI=1S/C12H22N2O/c1-2-3-10-6-8-14(9-7-10)12(15)13-11-4-5-11/h10-11H,2-9H2,1H3,(H,13,15). The van der Waals surface area contributed by atoms with Gasteiger partial charge in [-0.1, -0.05) is 19.8 Å². The lowest BCUT2D eigenvalue weighted by Crippen LogP contribution is -2.45. The van der Waals surface area contributed by atoms with Crippen LogP contribution in [0.25, 0.3) is 0 Å². The lowest BCUT2D eigenvalue weighted by Gasteiger charge is -2.31. The Morgan fingerprint density at radius 1 is 1.27 bits per heavy atom. The molecule has 2 aliphatic rings. The van der Waals surface area contributed by atoms with Crippen LogP contribution in [0.4, 0.5) is 4.79 Å². The Morgan fingerprint density at radius 2 is 1.93 bits per heavy atom. The van der Waals surface area contributed by atoms with Crippen LogP contribution in [0.15, 0.2) is 0 Å². The molecule has 1 N–H and O–H groups in total. The van der Waals surface area contributed by atoms with Crippen molar-refractivity contribution in [2.45, 2.75) is 51.5 Å². The third-order valence-corrected chi connectivity index (χ3v) is 3.50. The minimum Gasteiger partial charge on any atom is -0.335 e. The first-order chi connectivity index (χ1) is 7.29. The predicted molar refractivity (Wildman–Crippen MR) is 60.8 cm³/mol. The number of nitrogens with one attached hydrogen (secondary N) is 1. The van der Waals surface area contributed by atoms with Crippen LogP contribution in [0.3, 0.4) is 0 Å². The van der Waals surface area contributed by atoms with Crippen molar-refractivity contribution in [2.24, 2.45) is 5.92 Å². The molecule has 3 heteroatoms. The zero-order valence-electron chi connectivity index (χ0n) is 9.67. The molecule has 2 rings (SSSR count). The van der Waals surface area contributed by atoms with E-state index in [9.17, 15) is 4.79 Å². The van der Waals surface area contributed by atoms with Crippen molar-refractivity contribution < 1.29 is 4.79 Å². The lowest BCUT2D eigenvalue weighted by molar-refractivity contribution is 0.167. The van der Waals surface area contributed by atoms with Crippen LogP contribution in [-0.4, -0.2) is 30.1 Å². The Morgan fingerprint density at radius 3 is 2.47 bits per heavy atom. The highest BCUT2D eigenvalue weighted by Crippen LogP contribution is 2.23. The quantitative estimate of drug-likeness (QED) is 0.762. The van der Waals surface area contributed by atoms with Gasteiger partial charge in [0, 0.05) is 19.1 Å². The number of piperidine rings is 1. The van der Waals surface area contributed by atoms with Gasteiger partial charge >= 0.3 is 6.03 Å². The van der Waals surface area contributed by atoms with Gasteiger partial charge in [0.25, 0.3) is 0 Å². The topological polar surface area (TPSA) is 32.3 Å². The summed E-state index contributed by atoms with van der Waals surface area (Å²) in [4.78, 5) is 13.7. The Hall–Kier alpha value is -0.730. The first-order valence-electron chi connectivity index (χ1n) is 6.35. The summed E-state index contributed by atoms with van der Waals surface area (Å²) in [5.41, 5.74) is 0. The van der Waals surface area contributed by atoms with Gasteiger partial charge in [0.05, 0.1) is 0 Å². The summed E-state index contributed by atoms with van der Waals surface area (Å²) in [5, 5.41) is 3.06. The molecule has 0 aromatic heterocycles. The minimum absolute atomic E-state index is 0.174. The van der Waals surface area contributed by atoms with Gasteiger partial charge in [-0.2, -0.15) is 0 Å². The fourth-order valence-electron chi connectivity index (χ4n) is 2.33. The Balaban J connectivity index is 1.69. The average molecular weight is 210 g/mol. The van der Waals surface area contributed by atoms with E-state index in [-0.39, 0.29) is 6.03 Å². The molecule has 0 aromatic rings. The molecule has 2 fully saturated rings. The number of likely N-dealkylation sites (tertiary alicyclic amines) is 1. The largest absolute Gasteiger partial charge is 0.335 e. The van der Waals surface area contributed by atoms with Gasteiger partial charge in [-0.15, -0.1) is 0 Å². The molecule has 3 nitrogen and oxygen atoms in total. The van der Waals surface area contributed by atoms with E-state index < -0.39 is 0 Å². The summed E-state index contributed by atoms with van der Waals surface area (Å²) in [6.07, 6.45) is 7.37. The molecule has 0 radical (unpaired) electrons. The molecule has 1 aliphatic heterocycles. The third kappa shape index (κ3) is 3.11. The van der Waals surface area contributed by atoms with Crippen LogP contribution in [0, 0.1) is 5.92 Å². The fourth-order valence-corrected chi connectivity index (χ4v) is 2.33. The Bertz CT molecular complexity index is 218. The third-order valence-electron chi connectivity index (χ3n) is 3.50. The molecule has 0 spiro atoms. The van der Waals surface area contributed by atoms with Gasteiger partial charge in [0.2, 0.25) is 0 Å². The average Bonchev–Trinajstić information content (AvgIpc) is 3.03. The van der Waals surface area contributed by atoms with E-state index in [1.165, 1.54) is 38.5 Å². The molecule has 15 heavy (non-hydrogen) atoms. The fraction of sp³-hybridized carbons (Fsp3) is 0.917. The highest BCUT2D eigenvalue weighted by Gasteiger charge is 2.27. The maximum Gasteiger partial charge on any atom is 0.317 e. The number of urea groups is 1. The molecule has 1 heterocycles. The van der Waals surface area contributed by atoms with Crippen molar-refractivity contribution in [3.63, 3.8) is 0 Å². The predicted octanol–water partition coefficient (Wildman–Crippen LogP) is 2.37. The van der Waals surface area contributed by atoms with Crippen LogP contribution in [-0.2, 0) is 0 Å². The van der Waals surface area contributed by atoms with Crippen LogP contribution < -0.4 is 5.32 Å². The summed E-state index contributed by atoms with van der Waals surface area (Å²) < 4.78 is 0. The molecule has 1 saturated heterocycles. The maximum atomic E-state index is 11.7. The van der Waals surface area contributed by atoms with Crippen molar-refractivity contribution in [2.75, 3.05) is 13.1 Å². The summed E-state index contributed by atoms with van der Waals surface area (Å²) in [7, 11) is 0. The number of carbonyl (C=O) groups excluding carboxylic acids is 1. The SMILES string of the molecule is CCCC1CCN(C(=O)NC2CC2)CC1. The van der Waals surface area contributed by atoms with Crippen LogP contribution in [0.2, 0.25) is 0 Å². The first kappa shape index (κ1) is 10.8. The number of rotatable bonds is 3. The molecule has 86 valence electrons. The van der Waals surface area contributed by atoms with E-state index in [2.05, 4.69) is 12.2 Å². The second-order valence-electron chi connectivity index (χ2n) is 4.94. The van der Waals surface area contributed by atoms with Gasteiger partial charge < -0.3 is 10.2 Å². The minimum atomic E-state index is 0.174. The zero-order valence-corrected chi connectivity index (χ0v) is 9.67.